The van der Waals surface area contributed by atoms with Crippen LogP contribution in [0.4, 0.5) is 13.2 Å². The highest BCUT2D eigenvalue weighted by Gasteiger charge is 2.58. The minimum absolute atomic E-state index is 0.112. The summed E-state index contributed by atoms with van der Waals surface area (Å²) >= 11 is 0. The third-order valence-corrected chi connectivity index (χ3v) is 5.95. The molecule has 0 saturated carbocycles. The predicted octanol–water partition coefficient (Wildman–Crippen LogP) is 0.153. The Hall–Kier alpha value is -0.980. The molecule has 0 radical (unpaired) electrons. The highest BCUT2D eigenvalue weighted by atomic mass is 19.4. The van der Waals surface area contributed by atoms with Crippen LogP contribution < -0.4 is 0 Å². The summed E-state index contributed by atoms with van der Waals surface area (Å²) < 4.78 is 61.2. The van der Waals surface area contributed by atoms with Gasteiger partial charge in [0.25, 0.3) is 0 Å². The number of halogens is 3. The number of nitrogens with zero attached hydrogens (tertiary/aromatic N) is 1. The highest BCUT2D eigenvalue weighted by Crippen LogP contribution is 2.42. The third-order valence-electron chi connectivity index (χ3n) is 5.95. The van der Waals surface area contributed by atoms with Crippen molar-refractivity contribution in [1.82, 2.24) is 4.90 Å². The zero-order valence-corrected chi connectivity index (χ0v) is 15.5. The molecule has 1 amide bonds. The largest absolute Gasteiger partial charge is 0.471 e. The molecule has 2 bridgehead atoms. The van der Waals surface area contributed by atoms with Crippen LogP contribution in [0.2, 0.25) is 0 Å². The summed E-state index contributed by atoms with van der Waals surface area (Å²) in [6.07, 6.45) is -9.61. The number of fused-ring (bicyclic) bond motifs is 3. The lowest BCUT2D eigenvalue weighted by Crippen LogP contribution is -2.51. The number of hydrogen-bond donors (Lipinski definition) is 2. The van der Waals surface area contributed by atoms with E-state index in [9.17, 15) is 28.2 Å². The summed E-state index contributed by atoms with van der Waals surface area (Å²) in [6.45, 7) is 3.26. The maximum absolute atomic E-state index is 13.0. The fourth-order valence-corrected chi connectivity index (χ4v) is 4.74. The quantitative estimate of drug-likeness (QED) is 0.683. The first kappa shape index (κ1) is 20.3. The molecular formula is C17H24F3NO7. The van der Waals surface area contributed by atoms with Crippen molar-refractivity contribution in [3.05, 3.63) is 0 Å². The second-order valence-corrected chi connectivity index (χ2v) is 8.26. The van der Waals surface area contributed by atoms with Crippen LogP contribution >= 0.6 is 0 Å². The number of amides is 1. The molecule has 8 nitrogen and oxygen atoms in total. The van der Waals surface area contributed by atoms with Gasteiger partial charge in [-0.3, -0.25) is 4.79 Å². The summed E-state index contributed by atoms with van der Waals surface area (Å²) in [4.78, 5) is 12.7. The summed E-state index contributed by atoms with van der Waals surface area (Å²) in [5, 5.41) is 20.7. The van der Waals surface area contributed by atoms with Gasteiger partial charge in [0.1, 0.15) is 24.4 Å². The van der Waals surface area contributed by atoms with E-state index in [1.165, 1.54) is 0 Å². The van der Waals surface area contributed by atoms with Gasteiger partial charge in [-0.15, -0.1) is 0 Å². The Morgan fingerprint density at radius 1 is 1.14 bits per heavy atom. The molecule has 11 heteroatoms. The smallest absolute Gasteiger partial charge is 0.390 e. The Balaban J connectivity index is 1.50. The van der Waals surface area contributed by atoms with Crippen molar-refractivity contribution in [2.45, 2.75) is 81.5 Å². The van der Waals surface area contributed by atoms with Gasteiger partial charge < -0.3 is 34.1 Å². The van der Waals surface area contributed by atoms with E-state index in [1.54, 1.807) is 13.8 Å². The van der Waals surface area contributed by atoms with Crippen LogP contribution in [-0.4, -0.2) is 89.0 Å². The van der Waals surface area contributed by atoms with E-state index >= 15 is 0 Å². The maximum atomic E-state index is 13.0. The molecule has 0 spiro atoms. The molecule has 8 atom stereocenters. The highest BCUT2D eigenvalue weighted by molar-refractivity contribution is 5.82. The van der Waals surface area contributed by atoms with Gasteiger partial charge in [0, 0.05) is 5.92 Å². The zero-order chi connectivity index (χ0) is 20.4. The van der Waals surface area contributed by atoms with Gasteiger partial charge >= 0.3 is 12.1 Å². The van der Waals surface area contributed by atoms with E-state index in [0.717, 1.165) is 4.90 Å². The van der Waals surface area contributed by atoms with Crippen LogP contribution in [0.25, 0.3) is 0 Å². The van der Waals surface area contributed by atoms with Crippen molar-refractivity contribution in [2.75, 3.05) is 13.2 Å². The number of aliphatic hydroxyl groups excluding tert-OH is 2. The number of ether oxygens (including phenoxy) is 4. The van der Waals surface area contributed by atoms with Crippen molar-refractivity contribution in [3.63, 3.8) is 0 Å². The van der Waals surface area contributed by atoms with E-state index < -0.39 is 66.6 Å². The lowest BCUT2D eigenvalue weighted by Gasteiger charge is -2.37. The van der Waals surface area contributed by atoms with Crippen molar-refractivity contribution in [1.29, 1.82) is 0 Å². The number of aliphatic hydroxyl groups is 2. The fraction of sp³-hybridized carbons (Fsp3) is 0.941. The van der Waals surface area contributed by atoms with Crippen molar-refractivity contribution in [3.8, 4) is 0 Å². The number of carbonyl (C=O) groups is 1. The summed E-state index contributed by atoms with van der Waals surface area (Å²) in [7, 11) is 0. The number of hydrogen-bond acceptors (Lipinski definition) is 7. The molecule has 4 fully saturated rings. The lowest BCUT2D eigenvalue weighted by molar-refractivity contribution is -0.212. The molecule has 0 aromatic heterocycles. The Morgan fingerprint density at radius 3 is 2.54 bits per heavy atom. The van der Waals surface area contributed by atoms with Gasteiger partial charge in [-0.25, -0.2) is 0 Å². The molecule has 0 aromatic carbocycles. The van der Waals surface area contributed by atoms with E-state index in [4.69, 9.17) is 18.9 Å². The number of likely N-dealkylation sites (tertiary alicyclic amines) is 1. The van der Waals surface area contributed by atoms with Crippen molar-refractivity contribution < 1.29 is 47.1 Å². The first-order valence-electron chi connectivity index (χ1n) is 9.34. The maximum Gasteiger partial charge on any atom is 0.471 e. The Labute approximate surface area is 159 Å². The standard InChI is InChI=1S/C17H24F3NO7/c1-16(2)27-9-5-21(15(24)17(18,19)20)8(13(9)28-16)4-3-7-11(22)10-6-25-14(26-10)12(7)23/h7-14,22-23H,3-6H2,1-2H3/t7-,8-,9-,10+,11+,12+,13+,14+/m0/s1. The van der Waals surface area contributed by atoms with Gasteiger partial charge in [-0.1, -0.05) is 0 Å². The topological polar surface area (TPSA) is 97.7 Å². The van der Waals surface area contributed by atoms with Crippen LogP contribution in [0.5, 0.6) is 0 Å². The van der Waals surface area contributed by atoms with E-state index in [1.807, 2.05) is 0 Å². The summed E-state index contributed by atoms with van der Waals surface area (Å²) in [5.41, 5.74) is 0. The molecule has 0 aromatic rings. The lowest BCUT2D eigenvalue weighted by atomic mass is 9.85. The van der Waals surface area contributed by atoms with E-state index in [2.05, 4.69) is 0 Å². The third kappa shape index (κ3) is 3.41. The first-order valence-corrected chi connectivity index (χ1v) is 9.34. The van der Waals surface area contributed by atoms with Crippen LogP contribution in [-0.2, 0) is 23.7 Å². The normalized spacial score (nSPS) is 44.8. The Bertz CT molecular complexity index is 614. The first-order chi connectivity index (χ1) is 13.0. The summed E-state index contributed by atoms with van der Waals surface area (Å²) in [5.74, 6) is -3.53. The molecule has 4 rings (SSSR count). The van der Waals surface area contributed by atoms with Gasteiger partial charge in [-0.2, -0.15) is 13.2 Å². The monoisotopic (exact) mass is 411 g/mol. The molecule has 0 aliphatic carbocycles. The molecule has 160 valence electrons. The molecule has 0 unspecified atom stereocenters. The average Bonchev–Trinajstić information content (AvgIpc) is 3.23. The van der Waals surface area contributed by atoms with Crippen LogP contribution in [0.15, 0.2) is 0 Å². The van der Waals surface area contributed by atoms with Gasteiger partial charge in [0.05, 0.1) is 25.3 Å². The molecule has 4 aliphatic rings. The SMILES string of the molecule is CC1(C)O[C@H]2[C@H](CN(C(=O)C(F)(F)F)[C@H]2CC[C@H]2[C@@H](O)[C@H]3CO[C@H](O3)[C@@H]2O)O1. The minimum Gasteiger partial charge on any atom is -0.390 e. The number of carbonyl (C=O) groups excluding carboxylic acids is 1. The van der Waals surface area contributed by atoms with Gasteiger partial charge in [0.15, 0.2) is 12.1 Å². The molecule has 4 saturated heterocycles. The Kier molecular flexibility index (Phi) is 4.91. The average molecular weight is 411 g/mol. The number of alkyl halides is 3. The van der Waals surface area contributed by atoms with Crippen LogP contribution in [0, 0.1) is 5.92 Å². The van der Waals surface area contributed by atoms with Crippen molar-refractivity contribution in [2.24, 2.45) is 5.92 Å². The molecular weight excluding hydrogens is 387 g/mol. The van der Waals surface area contributed by atoms with Gasteiger partial charge in [-0.05, 0) is 26.7 Å². The minimum atomic E-state index is -5.00. The van der Waals surface area contributed by atoms with Crippen molar-refractivity contribution >= 4 is 5.91 Å². The predicted molar refractivity (Wildman–Crippen MR) is 84.7 cm³/mol. The molecule has 4 heterocycles. The van der Waals surface area contributed by atoms with Gasteiger partial charge in [0.2, 0.25) is 0 Å². The van der Waals surface area contributed by atoms with E-state index in [0.29, 0.717) is 0 Å². The molecule has 2 N–H and O–H groups in total. The van der Waals surface area contributed by atoms with Crippen LogP contribution in [0.1, 0.15) is 26.7 Å². The van der Waals surface area contributed by atoms with E-state index in [-0.39, 0.29) is 26.0 Å². The summed E-state index contributed by atoms with van der Waals surface area (Å²) in [6, 6.07) is -0.873. The number of rotatable bonds is 3. The zero-order valence-electron chi connectivity index (χ0n) is 15.5. The second-order valence-electron chi connectivity index (χ2n) is 8.26. The molecule has 4 aliphatic heterocycles. The second kappa shape index (κ2) is 6.78. The van der Waals surface area contributed by atoms with Crippen LogP contribution in [0.3, 0.4) is 0 Å². The Morgan fingerprint density at radius 2 is 1.86 bits per heavy atom. The fourth-order valence-electron chi connectivity index (χ4n) is 4.74. The molecule has 28 heavy (non-hydrogen) atoms.